The highest BCUT2D eigenvalue weighted by atomic mass is 32.1. The molecule has 0 amide bonds. The number of hydrogen-bond acceptors (Lipinski definition) is 4. The average molecular weight is 236 g/mol. The van der Waals surface area contributed by atoms with E-state index in [9.17, 15) is 4.79 Å². The van der Waals surface area contributed by atoms with E-state index in [2.05, 4.69) is 12.6 Å². The van der Waals surface area contributed by atoms with Gasteiger partial charge in [-0.2, -0.15) is 0 Å². The molecule has 76 valence electrons. The van der Waals surface area contributed by atoms with Gasteiger partial charge in [0.25, 0.3) is 0 Å². The normalized spacial score (nSPS) is 11.7. The molecule has 2 rings (SSSR count). The topological polar surface area (TPSA) is 30.2 Å². The Morgan fingerprint density at radius 3 is 2.87 bits per heavy atom. The Hall–Kier alpha value is -1.26. The van der Waals surface area contributed by atoms with Gasteiger partial charge in [0.2, 0.25) is 5.78 Å². The summed E-state index contributed by atoms with van der Waals surface area (Å²) in [5, 5.41) is 1.94. The maximum Gasteiger partial charge on any atom is 0.222 e. The maximum atomic E-state index is 11.6. The quantitative estimate of drug-likeness (QED) is 0.502. The first-order chi connectivity index (χ1) is 7.27. The van der Waals surface area contributed by atoms with Gasteiger partial charge < -0.3 is 4.42 Å². The van der Waals surface area contributed by atoms with E-state index >= 15 is 0 Å². The second-order valence-electron chi connectivity index (χ2n) is 2.85. The van der Waals surface area contributed by atoms with Crippen molar-refractivity contribution in [1.82, 2.24) is 0 Å². The van der Waals surface area contributed by atoms with Gasteiger partial charge in [-0.15, -0.1) is 24.0 Å². The van der Waals surface area contributed by atoms with Crippen molar-refractivity contribution in [2.24, 2.45) is 0 Å². The van der Waals surface area contributed by atoms with Crippen molar-refractivity contribution in [3.8, 4) is 0 Å². The smallest absolute Gasteiger partial charge is 0.222 e. The summed E-state index contributed by atoms with van der Waals surface area (Å²) in [5.41, 5.74) is 0. The molecule has 0 atom stereocenters. The van der Waals surface area contributed by atoms with Crippen LogP contribution in [0.1, 0.15) is 15.4 Å². The first kappa shape index (κ1) is 10.3. The molecule has 0 fully saturated rings. The van der Waals surface area contributed by atoms with Crippen molar-refractivity contribution in [3.05, 3.63) is 52.6 Å². The van der Waals surface area contributed by atoms with Crippen LogP contribution in [0.25, 0.3) is 4.91 Å². The van der Waals surface area contributed by atoms with E-state index in [1.54, 1.807) is 23.5 Å². The second kappa shape index (κ2) is 4.51. The Morgan fingerprint density at radius 1 is 1.40 bits per heavy atom. The van der Waals surface area contributed by atoms with Crippen molar-refractivity contribution in [2.45, 2.75) is 0 Å². The first-order valence-electron chi connectivity index (χ1n) is 4.30. The number of allylic oxidation sites excluding steroid dienone is 1. The van der Waals surface area contributed by atoms with E-state index in [1.165, 1.54) is 12.3 Å². The number of rotatable bonds is 3. The van der Waals surface area contributed by atoms with Gasteiger partial charge >= 0.3 is 0 Å². The molecule has 2 aromatic heterocycles. The zero-order valence-electron chi connectivity index (χ0n) is 7.71. The van der Waals surface area contributed by atoms with Crippen LogP contribution < -0.4 is 0 Å². The molecule has 2 nitrogen and oxygen atoms in total. The summed E-state index contributed by atoms with van der Waals surface area (Å²) in [6.07, 6.45) is 2.94. The molecule has 0 aliphatic rings. The minimum atomic E-state index is -0.168. The summed E-state index contributed by atoms with van der Waals surface area (Å²) in [7, 11) is 0. The number of furan rings is 1. The van der Waals surface area contributed by atoms with Gasteiger partial charge in [0.15, 0.2) is 5.76 Å². The highest BCUT2D eigenvalue weighted by Gasteiger charge is 2.07. The third kappa shape index (κ3) is 2.40. The number of hydrogen-bond donors (Lipinski definition) is 1. The molecule has 0 saturated carbocycles. The monoisotopic (exact) mass is 236 g/mol. The summed E-state index contributed by atoms with van der Waals surface area (Å²) >= 11 is 5.81. The van der Waals surface area contributed by atoms with Crippen LogP contribution in [0.15, 0.2) is 46.4 Å². The van der Waals surface area contributed by atoms with E-state index in [-0.39, 0.29) is 5.78 Å². The number of carbonyl (C=O) groups excluding carboxylic acids is 1. The van der Waals surface area contributed by atoms with Crippen LogP contribution in [-0.4, -0.2) is 5.78 Å². The van der Waals surface area contributed by atoms with Gasteiger partial charge in [0.1, 0.15) is 0 Å². The predicted octanol–water partition coefficient (Wildman–Crippen LogP) is 3.49. The van der Waals surface area contributed by atoms with E-state index in [0.29, 0.717) is 10.7 Å². The molecule has 4 heteroatoms. The molecule has 0 aliphatic heterocycles. The molecule has 0 saturated heterocycles. The minimum Gasteiger partial charge on any atom is -0.461 e. The Bertz CT molecular complexity index is 467. The molecule has 0 N–H and O–H groups in total. The van der Waals surface area contributed by atoms with Gasteiger partial charge in [-0.25, -0.2) is 0 Å². The Labute approximate surface area is 96.6 Å². The number of thiophene rings is 1. The van der Waals surface area contributed by atoms with Gasteiger partial charge in [0, 0.05) is 15.9 Å². The molecule has 0 radical (unpaired) electrons. The van der Waals surface area contributed by atoms with Gasteiger partial charge in [-0.05, 0) is 23.6 Å². The van der Waals surface area contributed by atoms with E-state index in [4.69, 9.17) is 4.42 Å². The fraction of sp³-hybridized carbons (Fsp3) is 0. The van der Waals surface area contributed by atoms with Crippen molar-refractivity contribution < 1.29 is 9.21 Å². The second-order valence-corrected chi connectivity index (χ2v) is 4.28. The van der Waals surface area contributed by atoms with Crippen LogP contribution >= 0.6 is 24.0 Å². The fourth-order valence-corrected chi connectivity index (χ4v) is 2.10. The SMILES string of the molecule is O=C(/C=C(\S)c1cccs1)c1ccco1. The summed E-state index contributed by atoms with van der Waals surface area (Å²) in [5.74, 6) is 0.163. The van der Waals surface area contributed by atoms with Crippen LogP contribution in [0, 0.1) is 0 Å². The minimum absolute atomic E-state index is 0.168. The van der Waals surface area contributed by atoms with Crippen LogP contribution in [0.2, 0.25) is 0 Å². The molecular weight excluding hydrogens is 228 g/mol. The van der Waals surface area contributed by atoms with E-state index in [1.807, 2.05) is 17.5 Å². The zero-order valence-corrected chi connectivity index (χ0v) is 9.42. The summed E-state index contributed by atoms with van der Waals surface area (Å²) in [6, 6.07) is 7.15. The Kier molecular flexibility index (Phi) is 3.08. The number of carbonyl (C=O) groups is 1. The Balaban J connectivity index is 2.21. The number of thiol groups is 1. The van der Waals surface area contributed by atoms with Gasteiger partial charge in [-0.1, -0.05) is 6.07 Å². The molecule has 0 aromatic carbocycles. The summed E-state index contributed by atoms with van der Waals surface area (Å²) in [4.78, 5) is 13.2. The van der Waals surface area contributed by atoms with Crippen LogP contribution in [0.4, 0.5) is 0 Å². The van der Waals surface area contributed by atoms with Crippen LogP contribution in [-0.2, 0) is 0 Å². The molecule has 0 spiro atoms. The van der Waals surface area contributed by atoms with Crippen molar-refractivity contribution in [3.63, 3.8) is 0 Å². The molecule has 0 bridgehead atoms. The maximum absolute atomic E-state index is 11.6. The third-order valence-corrected chi connectivity index (χ3v) is 3.23. The van der Waals surface area contributed by atoms with Crippen molar-refractivity contribution >= 4 is 34.7 Å². The number of ketones is 1. The lowest BCUT2D eigenvalue weighted by Crippen LogP contribution is -1.91. The fourth-order valence-electron chi connectivity index (χ4n) is 1.11. The molecule has 2 aromatic rings. The molecule has 2 heterocycles. The lowest BCUT2D eigenvalue weighted by Gasteiger charge is -1.94. The lowest BCUT2D eigenvalue weighted by molar-refractivity contribution is 0.102. The van der Waals surface area contributed by atoms with Gasteiger partial charge in [0.05, 0.1) is 6.26 Å². The zero-order chi connectivity index (χ0) is 10.7. The third-order valence-electron chi connectivity index (χ3n) is 1.81. The van der Waals surface area contributed by atoms with Crippen molar-refractivity contribution in [2.75, 3.05) is 0 Å². The Morgan fingerprint density at radius 2 is 2.27 bits per heavy atom. The van der Waals surface area contributed by atoms with Crippen molar-refractivity contribution in [1.29, 1.82) is 0 Å². The summed E-state index contributed by atoms with van der Waals surface area (Å²) in [6.45, 7) is 0. The predicted molar refractivity (Wildman–Crippen MR) is 64.3 cm³/mol. The summed E-state index contributed by atoms with van der Waals surface area (Å²) < 4.78 is 4.99. The molecule has 15 heavy (non-hydrogen) atoms. The highest BCUT2D eigenvalue weighted by molar-refractivity contribution is 7.90. The highest BCUT2D eigenvalue weighted by Crippen LogP contribution is 2.23. The van der Waals surface area contributed by atoms with E-state index < -0.39 is 0 Å². The molecular formula is C11H8O2S2. The van der Waals surface area contributed by atoms with Gasteiger partial charge in [-0.3, -0.25) is 4.79 Å². The van der Waals surface area contributed by atoms with Crippen LogP contribution in [0.3, 0.4) is 0 Å². The lowest BCUT2D eigenvalue weighted by atomic mass is 10.2. The molecule has 0 unspecified atom stereocenters. The molecule has 0 aliphatic carbocycles. The first-order valence-corrected chi connectivity index (χ1v) is 5.62. The standard InChI is InChI=1S/C11H8O2S2/c12-8(9-3-1-5-13-9)7-10(14)11-4-2-6-15-11/h1-7,14H/b10-7-. The largest absolute Gasteiger partial charge is 0.461 e. The average Bonchev–Trinajstić information content (AvgIpc) is 2.91. The van der Waals surface area contributed by atoms with Crippen LogP contribution in [0.5, 0.6) is 0 Å². The van der Waals surface area contributed by atoms with E-state index in [0.717, 1.165) is 4.88 Å².